The largest absolute Gasteiger partial charge is 0.377 e. The summed E-state index contributed by atoms with van der Waals surface area (Å²) in [5.41, 5.74) is 3.30. The van der Waals surface area contributed by atoms with Crippen LogP contribution in [-0.2, 0) is 0 Å². The molecule has 2 aliphatic heterocycles. The molecule has 5 rings (SSSR count). The Balaban J connectivity index is 1.27. The van der Waals surface area contributed by atoms with Crippen molar-refractivity contribution in [2.24, 2.45) is 0 Å². The van der Waals surface area contributed by atoms with E-state index in [0.29, 0.717) is 34.4 Å². The van der Waals surface area contributed by atoms with Gasteiger partial charge < -0.3 is 10.2 Å². The maximum atomic E-state index is 13.0. The number of carbonyl (C=O) groups excluding carboxylic acids is 2. The van der Waals surface area contributed by atoms with Crippen molar-refractivity contribution in [2.45, 2.75) is 19.0 Å². The molecule has 1 saturated heterocycles. The molecule has 1 aromatic carbocycles. The van der Waals surface area contributed by atoms with Crippen molar-refractivity contribution in [3.8, 4) is 0 Å². The number of aromatic nitrogens is 2. The number of rotatable bonds is 4. The molecule has 2 aliphatic rings. The molecule has 0 unspecified atom stereocenters. The van der Waals surface area contributed by atoms with E-state index in [1.165, 1.54) is 0 Å². The van der Waals surface area contributed by atoms with Crippen LogP contribution in [0.1, 0.15) is 39.4 Å². The van der Waals surface area contributed by atoms with E-state index in [4.69, 9.17) is 23.2 Å². The van der Waals surface area contributed by atoms with Gasteiger partial charge in [-0.3, -0.25) is 19.5 Å². The average molecular weight is 468 g/mol. The molecule has 7 nitrogen and oxygen atoms in total. The Kier molecular flexibility index (Phi) is 5.23. The number of anilines is 2. The van der Waals surface area contributed by atoms with E-state index in [9.17, 15) is 9.59 Å². The highest BCUT2D eigenvalue weighted by Gasteiger charge is 2.36. The zero-order valence-corrected chi connectivity index (χ0v) is 18.6. The van der Waals surface area contributed by atoms with Crippen LogP contribution in [0.25, 0.3) is 0 Å². The Labute approximate surface area is 195 Å². The summed E-state index contributed by atoms with van der Waals surface area (Å²) in [6.45, 7) is 3.02. The maximum Gasteiger partial charge on any atom is 0.274 e. The van der Waals surface area contributed by atoms with Gasteiger partial charge in [0.25, 0.3) is 11.8 Å². The second-order valence-corrected chi connectivity index (χ2v) is 8.74. The summed E-state index contributed by atoms with van der Waals surface area (Å²) in [6.07, 6.45) is 4.93. The summed E-state index contributed by atoms with van der Waals surface area (Å²) in [4.78, 5) is 37.3. The van der Waals surface area contributed by atoms with Crippen molar-refractivity contribution in [3.05, 3.63) is 81.9 Å². The minimum Gasteiger partial charge on any atom is -0.377 e. The smallest absolute Gasteiger partial charge is 0.274 e. The lowest BCUT2D eigenvalue weighted by Gasteiger charge is -2.40. The van der Waals surface area contributed by atoms with Gasteiger partial charge in [0.2, 0.25) is 0 Å². The number of benzene rings is 1. The Morgan fingerprint density at radius 3 is 2.75 bits per heavy atom. The summed E-state index contributed by atoms with van der Waals surface area (Å²) in [6, 6.07) is 10.5. The van der Waals surface area contributed by atoms with Crippen LogP contribution >= 0.6 is 23.2 Å². The third kappa shape index (κ3) is 3.57. The van der Waals surface area contributed by atoms with Gasteiger partial charge in [0, 0.05) is 29.9 Å². The number of likely N-dealkylation sites (tertiary alicyclic amines) is 1. The van der Waals surface area contributed by atoms with E-state index in [0.717, 1.165) is 11.3 Å². The third-order valence-electron chi connectivity index (χ3n) is 5.80. The highest BCUT2D eigenvalue weighted by Crippen LogP contribution is 2.38. The van der Waals surface area contributed by atoms with Gasteiger partial charge in [-0.25, -0.2) is 4.98 Å². The number of hydrogen-bond donors (Lipinski definition) is 1. The Morgan fingerprint density at radius 2 is 1.97 bits per heavy atom. The fraction of sp³-hybridized carbons (Fsp3) is 0.217. The number of halogens is 2. The number of carbonyl (C=O) groups is 2. The van der Waals surface area contributed by atoms with Gasteiger partial charge in [0.05, 0.1) is 40.9 Å². The van der Waals surface area contributed by atoms with Crippen molar-refractivity contribution in [3.63, 3.8) is 0 Å². The van der Waals surface area contributed by atoms with Crippen molar-refractivity contribution < 1.29 is 9.59 Å². The second-order valence-electron chi connectivity index (χ2n) is 7.90. The molecule has 0 aliphatic carbocycles. The summed E-state index contributed by atoms with van der Waals surface area (Å²) < 4.78 is 0. The minimum atomic E-state index is -0.187. The molecule has 2 aromatic heterocycles. The first-order valence-electron chi connectivity index (χ1n) is 10.2. The number of nitrogens with one attached hydrogen (secondary N) is 1. The number of pyridine rings is 2. The molecule has 3 aromatic rings. The average Bonchev–Trinajstić information content (AvgIpc) is 3.00. The minimum absolute atomic E-state index is 0.0706. The molecule has 4 heterocycles. The summed E-state index contributed by atoms with van der Waals surface area (Å²) >= 11 is 12.2. The predicted molar refractivity (Wildman–Crippen MR) is 123 cm³/mol. The van der Waals surface area contributed by atoms with Crippen LogP contribution in [0.5, 0.6) is 0 Å². The monoisotopic (exact) mass is 467 g/mol. The second kappa shape index (κ2) is 8.07. The lowest BCUT2D eigenvalue weighted by Crippen LogP contribution is -2.57. The predicted octanol–water partition coefficient (Wildman–Crippen LogP) is 4.44. The maximum absolute atomic E-state index is 13.0. The van der Waals surface area contributed by atoms with E-state index in [-0.39, 0.29) is 29.6 Å². The first-order valence-corrected chi connectivity index (χ1v) is 10.9. The molecule has 9 heteroatoms. The van der Waals surface area contributed by atoms with Gasteiger partial charge in [-0.15, -0.1) is 0 Å². The van der Waals surface area contributed by atoms with Crippen LogP contribution < -0.4 is 10.2 Å². The lowest BCUT2D eigenvalue weighted by molar-refractivity contribution is 0.0619. The van der Waals surface area contributed by atoms with Gasteiger partial charge >= 0.3 is 0 Å². The molecule has 0 radical (unpaired) electrons. The van der Waals surface area contributed by atoms with Crippen molar-refractivity contribution in [1.82, 2.24) is 14.9 Å². The summed E-state index contributed by atoms with van der Waals surface area (Å²) in [5, 5.41) is 4.34. The molecule has 1 N–H and O–H groups in total. The van der Waals surface area contributed by atoms with Crippen molar-refractivity contribution in [1.29, 1.82) is 0 Å². The Morgan fingerprint density at radius 1 is 1.16 bits per heavy atom. The molecular weight excluding hydrogens is 449 g/mol. The van der Waals surface area contributed by atoms with Crippen LogP contribution in [0.4, 0.5) is 11.4 Å². The summed E-state index contributed by atoms with van der Waals surface area (Å²) in [7, 11) is 0. The molecule has 162 valence electrons. The molecule has 0 spiro atoms. The number of fused-ring (bicyclic) bond motifs is 1. The first kappa shape index (κ1) is 20.7. The Hall–Kier alpha value is -3.16. The molecule has 32 heavy (non-hydrogen) atoms. The van der Waals surface area contributed by atoms with Crippen LogP contribution in [0.15, 0.2) is 55.0 Å². The van der Waals surface area contributed by atoms with Gasteiger partial charge in [-0.2, -0.15) is 0 Å². The number of nitrogens with zero attached hydrogens (tertiary/aromatic N) is 4. The zero-order valence-electron chi connectivity index (χ0n) is 17.1. The summed E-state index contributed by atoms with van der Waals surface area (Å²) in [5.74, 6) is -0.260. The van der Waals surface area contributed by atoms with Crippen LogP contribution in [0, 0.1) is 0 Å². The van der Waals surface area contributed by atoms with Gasteiger partial charge in [-0.1, -0.05) is 23.2 Å². The molecular formula is C23H19Cl2N5O2. The van der Waals surface area contributed by atoms with Crippen LogP contribution in [0.3, 0.4) is 0 Å². The van der Waals surface area contributed by atoms with Crippen LogP contribution in [0.2, 0.25) is 10.0 Å². The highest BCUT2D eigenvalue weighted by molar-refractivity contribution is 6.33. The third-order valence-corrected chi connectivity index (χ3v) is 6.34. The highest BCUT2D eigenvalue weighted by atomic mass is 35.5. The van der Waals surface area contributed by atoms with Gasteiger partial charge in [-0.05, 0) is 48.9 Å². The first-order chi connectivity index (χ1) is 15.4. The Bertz CT molecular complexity index is 1230. The van der Waals surface area contributed by atoms with E-state index >= 15 is 0 Å². The van der Waals surface area contributed by atoms with E-state index in [1.54, 1.807) is 52.7 Å². The SMILES string of the molecule is C[C@@H]1c2cc(Cl)ccc2C(=O)N1c1cncc(NC2CN(C(=O)c3ncccc3Cl)C2)c1. The molecule has 0 bridgehead atoms. The molecule has 0 saturated carbocycles. The quantitative estimate of drug-likeness (QED) is 0.613. The van der Waals surface area contributed by atoms with E-state index < -0.39 is 0 Å². The standard InChI is InChI=1S/C23H19Cl2N5O2/c1-13-19-7-14(24)4-5-18(19)22(31)30(13)17-8-15(9-26-10-17)28-16-11-29(12-16)23(32)21-20(25)3-2-6-27-21/h2-10,13,16,28H,11-12H2,1H3/t13-/m1/s1. The lowest BCUT2D eigenvalue weighted by atomic mass is 10.1. The van der Waals surface area contributed by atoms with E-state index in [2.05, 4.69) is 15.3 Å². The van der Waals surface area contributed by atoms with Gasteiger partial charge in [0.1, 0.15) is 5.69 Å². The molecule has 1 fully saturated rings. The molecule has 1 atom stereocenters. The zero-order chi connectivity index (χ0) is 22.4. The number of amides is 2. The van der Waals surface area contributed by atoms with Gasteiger partial charge in [0.15, 0.2) is 0 Å². The van der Waals surface area contributed by atoms with Crippen molar-refractivity contribution in [2.75, 3.05) is 23.3 Å². The fourth-order valence-electron chi connectivity index (χ4n) is 4.16. The fourth-order valence-corrected chi connectivity index (χ4v) is 4.55. The van der Waals surface area contributed by atoms with Crippen LogP contribution in [-0.4, -0.2) is 45.8 Å². The normalized spacial score (nSPS) is 17.8. The molecule has 2 amide bonds. The van der Waals surface area contributed by atoms with E-state index in [1.807, 2.05) is 19.1 Å². The number of hydrogen-bond acceptors (Lipinski definition) is 5. The topological polar surface area (TPSA) is 78.4 Å². The van der Waals surface area contributed by atoms with Crippen molar-refractivity contribution >= 4 is 46.4 Å².